The largest absolute Gasteiger partial charge is 0.477 e. The number of rotatable bonds is 7. The van der Waals surface area contributed by atoms with Crippen molar-refractivity contribution < 1.29 is 9.90 Å². The van der Waals surface area contributed by atoms with Gasteiger partial charge in [-0.05, 0) is 59.8 Å². The number of nitrogens with zero attached hydrogens (tertiary/aromatic N) is 3. The zero-order chi connectivity index (χ0) is 24.4. The lowest BCUT2D eigenvalue weighted by atomic mass is 10.1. The number of halogens is 2. The molecule has 0 spiro atoms. The van der Waals surface area contributed by atoms with Crippen LogP contribution in [0, 0.1) is 0 Å². The Labute approximate surface area is 215 Å². The molecule has 0 amide bonds. The van der Waals surface area contributed by atoms with Crippen LogP contribution in [0.1, 0.15) is 11.1 Å². The molecule has 5 rings (SSSR count). The van der Waals surface area contributed by atoms with Gasteiger partial charge in [-0.15, -0.1) is 5.10 Å². The number of aromatic amines is 1. The Kier molecular flexibility index (Phi) is 6.63. The molecule has 0 aliphatic rings. The SMILES string of the molecule is O=C(O)/C(=C/c1cn(Cc2ccccc2Cl)c2ccccc12)Sc1n[nH]c(-c2ccc(Cl)cc2)n1. The van der Waals surface area contributed by atoms with Gasteiger partial charge in [0.2, 0.25) is 5.16 Å². The lowest BCUT2D eigenvalue weighted by Crippen LogP contribution is -1.98. The molecule has 35 heavy (non-hydrogen) atoms. The van der Waals surface area contributed by atoms with Gasteiger partial charge in [-0.25, -0.2) is 9.78 Å². The summed E-state index contributed by atoms with van der Waals surface area (Å²) in [4.78, 5) is 16.6. The molecule has 0 radical (unpaired) electrons. The summed E-state index contributed by atoms with van der Waals surface area (Å²) in [7, 11) is 0. The summed E-state index contributed by atoms with van der Waals surface area (Å²) in [5.74, 6) is -0.527. The smallest absolute Gasteiger partial charge is 0.342 e. The van der Waals surface area contributed by atoms with Crippen LogP contribution in [0.15, 0.2) is 89.1 Å². The minimum Gasteiger partial charge on any atom is -0.477 e. The summed E-state index contributed by atoms with van der Waals surface area (Å²) < 4.78 is 2.07. The maximum atomic E-state index is 12.1. The Balaban J connectivity index is 1.47. The quantitative estimate of drug-likeness (QED) is 0.178. The van der Waals surface area contributed by atoms with Gasteiger partial charge in [0.1, 0.15) is 4.91 Å². The van der Waals surface area contributed by atoms with Crippen molar-refractivity contribution in [2.45, 2.75) is 11.7 Å². The Morgan fingerprint density at radius 3 is 2.54 bits per heavy atom. The molecule has 0 fully saturated rings. The molecular formula is C26H18Cl2N4O2S. The Bertz CT molecular complexity index is 1560. The molecule has 5 aromatic rings. The van der Waals surface area contributed by atoms with Crippen LogP contribution in [0.25, 0.3) is 28.4 Å². The molecule has 2 N–H and O–H groups in total. The maximum absolute atomic E-state index is 12.1. The molecule has 2 heterocycles. The highest BCUT2D eigenvalue weighted by molar-refractivity contribution is 8.04. The zero-order valence-corrected chi connectivity index (χ0v) is 20.5. The van der Waals surface area contributed by atoms with Crippen molar-refractivity contribution in [2.24, 2.45) is 0 Å². The number of para-hydroxylation sites is 1. The first-order valence-corrected chi connectivity index (χ1v) is 12.2. The van der Waals surface area contributed by atoms with E-state index in [1.54, 1.807) is 18.2 Å². The average Bonchev–Trinajstić information content (AvgIpc) is 3.46. The van der Waals surface area contributed by atoms with E-state index in [-0.39, 0.29) is 4.91 Å². The molecule has 6 nitrogen and oxygen atoms in total. The Morgan fingerprint density at radius 1 is 1.03 bits per heavy atom. The monoisotopic (exact) mass is 520 g/mol. The number of aromatic nitrogens is 4. The predicted octanol–water partition coefficient (Wildman–Crippen LogP) is 7.00. The number of benzene rings is 3. The van der Waals surface area contributed by atoms with E-state index < -0.39 is 5.97 Å². The third-order valence-electron chi connectivity index (χ3n) is 5.40. The molecule has 0 unspecified atom stereocenters. The Hall–Kier alpha value is -3.52. The van der Waals surface area contributed by atoms with Gasteiger partial charge < -0.3 is 9.67 Å². The lowest BCUT2D eigenvalue weighted by Gasteiger charge is -2.07. The molecular weight excluding hydrogens is 503 g/mol. The summed E-state index contributed by atoms with van der Waals surface area (Å²) in [6.07, 6.45) is 3.59. The average molecular weight is 521 g/mol. The van der Waals surface area contributed by atoms with E-state index in [0.29, 0.717) is 27.6 Å². The number of nitrogens with one attached hydrogen (secondary N) is 1. The van der Waals surface area contributed by atoms with E-state index in [1.165, 1.54) is 0 Å². The number of hydrogen-bond donors (Lipinski definition) is 2. The standard InChI is InChI=1S/C26H18Cl2N4O2S/c27-19-11-9-16(10-12-19)24-29-26(31-30-24)35-23(25(33)34)13-18-15-32(22-8-4-2-6-20(18)22)14-17-5-1-3-7-21(17)28/h1-13,15H,14H2,(H,33,34)(H,29,30,31)/b23-13-. The number of thioether (sulfide) groups is 1. The molecule has 174 valence electrons. The van der Waals surface area contributed by atoms with Gasteiger partial charge in [0.05, 0.1) is 0 Å². The minimum absolute atomic E-state index is 0.104. The van der Waals surface area contributed by atoms with Gasteiger partial charge in [0, 0.05) is 44.8 Å². The highest BCUT2D eigenvalue weighted by Gasteiger charge is 2.16. The topological polar surface area (TPSA) is 83.8 Å². The molecule has 0 saturated heterocycles. The van der Waals surface area contributed by atoms with Crippen LogP contribution in [0.5, 0.6) is 0 Å². The maximum Gasteiger partial charge on any atom is 0.342 e. The second-order valence-corrected chi connectivity index (χ2v) is 9.56. The number of H-pyrrole nitrogens is 1. The van der Waals surface area contributed by atoms with Crippen LogP contribution in [0.4, 0.5) is 0 Å². The molecule has 0 aliphatic carbocycles. The first-order valence-electron chi connectivity index (χ1n) is 10.6. The van der Waals surface area contributed by atoms with E-state index in [0.717, 1.165) is 39.4 Å². The zero-order valence-electron chi connectivity index (χ0n) is 18.2. The van der Waals surface area contributed by atoms with E-state index in [1.807, 2.05) is 66.9 Å². The highest BCUT2D eigenvalue weighted by atomic mass is 35.5. The fraction of sp³-hybridized carbons (Fsp3) is 0.0385. The molecule has 0 bridgehead atoms. The van der Waals surface area contributed by atoms with Crippen LogP contribution in [0.2, 0.25) is 10.0 Å². The van der Waals surface area contributed by atoms with Crippen LogP contribution in [-0.4, -0.2) is 30.8 Å². The third kappa shape index (κ3) is 5.12. The number of carboxylic acid groups (broad SMARTS) is 1. The van der Waals surface area contributed by atoms with E-state index >= 15 is 0 Å². The molecule has 3 aromatic carbocycles. The van der Waals surface area contributed by atoms with Crippen molar-refractivity contribution in [1.82, 2.24) is 19.7 Å². The summed E-state index contributed by atoms with van der Waals surface area (Å²) >= 11 is 13.3. The van der Waals surface area contributed by atoms with Gasteiger partial charge in [-0.2, -0.15) is 0 Å². The van der Waals surface area contributed by atoms with Crippen LogP contribution in [-0.2, 0) is 11.3 Å². The molecule has 0 aliphatic heterocycles. The third-order valence-corrected chi connectivity index (χ3v) is 6.90. The fourth-order valence-corrected chi connectivity index (χ4v) is 4.75. The van der Waals surface area contributed by atoms with Crippen molar-refractivity contribution in [3.8, 4) is 11.4 Å². The second-order valence-electron chi connectivity index (χ2n) is 7.71. The van der Waals surface area contributed by atoms with Crippen molar-refractivity contribution in [2.75, 3.05) is 0 Å². The molecule has 0 saturated carbocycles. The first-order chi connectivity index (χ1) is 17.0. The van der Waals surface area contributed by atoms with Crippen LogP contribution >= 0.6 is 35.0 Å². The lowest BCUT2D eigenvalue weighted by molar-refractivity contribution is -0.131. The minimum atomic E-state index is -1.06. The van der Waals surface area contributed by atoms with Gasteiger partial charge in [-0.1, -0.05) is 59.6 Å². The van der Waals surface area contributed by atoms with Gasteiger partial charge in [0.15, 0.2) is 5.82 Å². The molecule has 2 aromatic heterocycles. The first kappa shape index (κ1) is 23.2. The van der Waals surface area contributed by atoms with E-state index in [4.69, 9.17) is 23.2 Å². The van der Waals surface area contributed by atoms with Crippen LogP contribution in [0.3, 0.4) is 0 Å². The number of carbonyl (C=O) groups is 1. The summed E-state index contributed by atoms with van der Waals surface area (Å²) in [5.41, 5.74) is 3.55. The molecule has 9 heteroatoms. The number of carboxylic acids is 1. The number of aliphatic carboxylic acids is 1. The summed E-state index contributed by atoms with van der Waals surface area (Å²) in [6.45, 7) is 0.564. The summed E-state index contributed by atoms with van der Waals surface area (Å²) in [6, 6.07) is 22.7. The summed E-state index contributed by atoms with van der Waals surface area (Å²) in [5, 5.41) is 19.5. The van der Waals surface area contributed by atoms with Gasteiger partial charge in [0.25, 0.3) is 0 Å². The molecule has 0 atom stereocenters. The van der Waals surface area contributed by atoms with Gasteiger partial charge >= 0.3 is 5.97 Å². The normalized spacial score (nSPS) is 11.8. The Morgan fingerprint density at radius 2 is 1.77 bits per heavy atom. The predicted molar refractivity (Wildman–Crippen MR) is 141 cm³/mol. The van der Waals surface area contributed by atoms with E-state index in [9.17, 15) is 9.90 Å². The van der Waals surface area contributed by atoms with Crippen molar-refractivity contribution in [1.29, 1.82) is 0 Å². The number of fused-ring (bicyclic) bond motifs is 1. The van der Waals surface area contributed by atoms with Crippen LogP contribution < -0.4 is 0 Å². The van der Waals surface area contributed by atoms with Crippen molar-refractivity contribution >= 4 is 57.9 Å². The highest BCUT2D eigenvalue weighted by Crippen LogP contribution is 2.31. The van der Waals surface area contributed by atoms with Gasteiger partial charge in [-0.3, -0.25) is 5.10 Å². The van der Waals surface area contributed by atoms with E-state index in [2.05, 4.69) is 19.7 Å². The number of hydrogen-bond acceptors (Lipinski definition) is 4. The van der Waals surface area contributed by atoms with Crippen molar-refractivity contribution in [3.63, 3.8) is 0 Å². The van der Waals surface area contributed by atoms with Crippen molar-refractivity contribution in [3.05, 3.63) is 105 Å². The second kappa shape index (κ2) is 10.00. The fourth-order valence-electron chi connectivity index (χ4n) is 3.73.